The van der Waals surface area contributed by atoms with Gasteiger partial charge in [0.05, 0.1) is 12.1 Å². The van der Waals surface area contributed by atoms with E-state index in [0.717, 1.165) is 11.5 Å². The molecular weight excluding hydrogens is 227 g/mol. The molecule has 0 bridgehead atoms. The van der Waals surface area contributed by atoms with Gasteiger partial charge >= 0.3 is 5.97 Å². The van der Waals surface area contributed by atoms with E-state index < -0.39 is 0 Å². The lowest BCUT2D eigenvalue weighted by Crippen LogP contribution is -1.88. The highest BCUT2D eigenvalue weighted by molar-refractivity contribution is 6.43. The minimum absolute atomic E-state index is 0.245. The fourth-order valence-corrected chi connectivity index (χ4v) is 1.02. The largest absolute Gasteiger partial charge is 0.469 e. The van der Waals surface area contributed by atoms with Crippen LogP contribution in [0.15, 0.2) is 12.1 Å². The van der Waals surface area contributed by atoms with Gasteiger partial charge in [0.15, 0.2) is 11.5 Å². The molecule has 0 aliphatic carbocycles. The third-order valence-corrected chi connectivity index (χ3v) is 2.26. The molecule has 0 saturated carbocycles. The summed E-state index contributed by atoms with van der Waals surface area (Å²) in [7, 11) is 1.35. The number of carbonyl (C=O) groups excluding carboxylic acids is 1. The number of esters is 1. The number of methoxy groups -OCH3 is 1. The standard InChI is InChI=1S/C6H2Cl2O.C3H6O2/c7-3-1-2-4-6(9-4)5(3)8;1-3(4)5-2/h1-2H;1-2H3. The molecule has 14 heavy (non-hydrogen) atoms. The number of hydrogen-bond acceptors (Lipinski definition) is 3. The zero-order chi connectivity index (χ0) is 10.7. The van der Waals surface area contributed by atoms with Crippen LogP contribution in [0.4, 0.5) is 0 Å². The second kappa shape index (κ2) is 4.53. The SMILES string of the molecule is COC(C)=O.Clc1ccc2c(c1Cl)O2. The van der Waals surface area contributed by atoms with Gasteiger partial charge in [-0.3, -0.25) is 4.79 Å². The molecule has 1 aromatic carbocycles. The Kier molecular flexibility index (Phi) is 3.61. The maximum Gasteiger partial charge on any atom is 0.302 e. The minimum Gasteiger partial charge on any atom is -0.469 e. The van der Waals surface area contributed by atoms with E-state index >= 15 is 0 Å². The number of fused-ring (bicyclic) bond motifs is 1. The van der Waals surface area contributed by atoms with Crippen molar-refractivity contribution in [3.05, 3.63) is 22.2 Å². The third-order valence-electron chi connectivity index (χ3n) is 1.47. The number of ether oxygens (including phenoxy) is 2. The summed E-state index contributed by atoms with van der Waals surface area (Å²) in [4.78, 5) is 9.59. The van der Waals surface area contributed by atoms with Crippen molar-refractivity contribution in [2.45, 2.75) is 6.92 Å². The molecule has 1 heterocycles. The topological polar surface area (TPSA) is 38.8 Å². The highest BCUT2D eigenvalue weighted by Gasteiger charge is 2.24. The number of rotatable bonds is 0. The van der Waals surface area contributed by atoms with Crippen molar-refractivity contribution in [1.29, 1.82) is 0 Å². The van der Waals surface area contributed by atoms with Gasteiger partial charge in [-0.25, -0.2) is 0 Å². The van der Waals surface area contributed by atoms with Crippen LogP contribution in [-0.4, -0.2) is 13.1 Å². The summed E-state index contributed by atoms with van der Waals surface area (Å²) in [6.07, 6.45) is 0. The summed E-state index contributed by atoms with van der Waals surface area (Å²) >= 11 is 11.3. The molecule has 1 aliphatic rings. The second-order valence-corrected chi connectivity index (χ2v) is 3.27. The Hall–Kier alpha value is -0.930. The molecule has 5 heteroatoms. The van der Waals surface area contributed by atoms with Crippen LogP contribution < -0.4 is 4.74 Å². The maximum atomic E-state index is 9.59. The van der Waals surface area contributed by atoms with Crippen molar-refractivity contribution in [3.63, 3.8) is 0 Å². The van der Waals surface area contributed by atoms with E-state index in [4.69, 9.17) is 27.9 Å². The lowest BCUT2D eigenvalue weighted by molar-refractivity contribution is -0.137. The van der Waals surface area contributed by atoms with Crippen molar-refractivity contribution in [3.8, 4) is 11.5 Å². The minimum atomic E-state index is -0.245. The first-order valence-electron chi connectivity index (χ1n) is 3.76. The zero-order valence-corrected chi connectivity index (χ0v) is 9.15. The molecule has 0 radical (unpaired) electrons. The Morgan fingerprint density at radius 2 is 2.00 bits per heavy atom. The molecule has 0 spiro atoms. The molecule has 0 atom stereocenters. The molecule has 1 aromatic rings. The van der Waals surface area contributed by atoms with Crippen molar-refractivity contribution < 1.29 is 14.3 Å². The van der Waals surface area contributed by atoms with E-state index in [2.05, 4.69) is 4.74 Å². The summed E-state index contributed by atoms with van der Waals surface area (Å²) in [6.45, 7) is 1.36. The van der Waals surface area contributed by atoms with Crippen molar-refractivity contribution >= 4 is 29.2 Å². The van der Waals surface area contributed by atoms with Gasteiger partial charge in [-0.05, 0) is 12.1 Å². The molecule has 0 N–H and O–H groups in total. The molecule has 3 nitrogen and oxygen atoms in total. The second-order valence-electron chi connectivity index (χ2n) is 2.49. The Bertz CT molecular complexity index is 360. The van der Waals surface area contributed by atoms with Crippen LogP contribution in [0.2, 0.25) is 10.0 Å². The monoisotopic (exact) mass is 234 g/mol. The van der Waals surface area contributed by atoms with Gasteiger partial charge in [0.1, 0.15) is 5.02 Å². The smallest absolute Gasteiger partial charge is 0.302 e. The summed E-state index contributed by atoms with van der Waals surface area (Å²) in [6, 6.07) is 3.51. The van der Waals surface area contributed by atoms with Crippen molar-refractivity contribution in [2.75, 3.05) is 7.11 Å². The lowest BCUT2D eigenvalue weighted by atomic mass is 10.4. The van der Waals surface area contributed by atoms with Gasteiger partial charge in [-0.1, -0.05) is 23.2 Å². The van der Waals surface area contributed by atoms with E-state index in [-0.39, 0.29) is 5.97 Å². The van der Waals surface area contributed by atoms with Crippen LogP contribution in [0.1, 0.15) is 6.92 Å². The van der Waals surface area contributed by atoms with Gasteiger partial charge < -0.3 is 9.47 Å². The van der Waals surface area contributed by atoms with Crippen LogP contribution >= 0.6 is 23.2 Å². The van der Waals surface area contributed by atoms with Crippen LogP contribution in [0.3, 0.4) is 0 Å². The number of hydrogen-bond donors (Lipinski definition) is 0. The highest BCUT2D eigenvalue weighted by Crippen LogP contribution is 2.52. The molecular formula is C9H8Cl2O3. The first-order valence-corrected chi connectivity index (χ1v) is 4.52. The quantitative estimate of drug-likeness (QED) is 0.519. The maximum absolute atomic E-state index is 9.59. The summed E-state index contributed by atoms with van der Waals surface area (Å²) < 4.78 is 9.04. The van der Waals surface area contributed by atoms with Crippen LogP contribution in [0, 0.1) is 0 Å². The van der Waals surface area contributed by atoms with Gasteiger partial charge in [0, 0.05) is 6.92 Å². The van der Waals surface area contributed by atoms with E-state index in [0.29, 0.717) is 10.0 Å². The molecule has 0 unspecified atom stereocenters. The fourth-order valence-electron chi connectivity index (χ4n) is 0.678. The van der Waals surface area contributed by atoms with Crippen molar-refractivity contribution in [1.82, 2.24) is 0 Å². The van der Waals surface area contributed by atoms with Crippen molar-refractivity contribution in [2.24, 2.45) is 0 Å². The van der Waals surface area contributed by atoms with Gasteiger partial charge in [-0.15, -0.1) is 0 Å². The molecule has 76 valence electrons. The molecule has 0 aromatic heterocycles. The third kappa shape index (κ3) is 2.79. The van der Waals surface area contributed by atoms with Crippen LogP contribution in [-0.2, 0) is 9.53 Å². The lowest BCUT2D eigenvalue weighted by Gasteiger charge is -1.83. The Morgan fingerprint density at radius 3 is 2.43 bits per heavy atom. The predicted molar refractivity (Wildman–Crippen MR) is 54.2 cm³/mol. The molecule has 1 aliphatic heterocycles. The van der Waals surface area contributed by atoms with Crippen LogP contribution in [0.5, 0.6) is 11.5 Å². The number of carbonyl (C=O) groups is 1. The van der Waals surface area contributed by atoms with Gasteiger partial charge in [0.2, 0.25) is 0 Å². The molecule has 2 rings (SSSR count). The average Bonchev–Trinajstić information content (AvgIpc) is 2.92. The van der Waals surface area contributed by atoms with E-state index in [1.807, 2.05) is 0 Å². The van der Waals surface area contributed by atoms with E-state index in [1.54, 1.807) is 12.1 Å². The zero-order valence-electron chi connectivity index (χ0n) is 7.64. The van der Waals surface area contributed by atoms with Crippen LogP contribution in [0.25, 0.3) is 0 Å². The van der Waals surface area contributed by atoms with E-state index in [1.165, 1.54) is 14.0 Å². The van der Waals surface area contributed by atoms with E-state index in [9.17, 15) is 4.79 Å². The van der Waals surface area contributed by atoms with Gasteiger partial charge in [-0.2, -0.15) is 0 Å². The number of halogens is 2. The molecule has 0 amide bonds. The Balaban J connectivity index is 0.000000171. The fraction of sp³-hybridized carbons (Fsp3) is 0.222. The normalized spacial score (nSPS) is 10.3. The first-order chi connectivity index (χ1) is 6.56. The highest BCUT2D eigenvalue weighted by atomic mass is 35.5. The summed E-state index contributed by atoms with van der Waals surface area (Å²) in [5.74, 6) is 1.32. The van der Waals surface area contributed by atoms with Gasteiger partial charge in [0.25, 0.3) is 0 Å². The average molecular weight is 235 g/mol. The number of benzene rings is 1. The molecule has 0 fully saturated rings. The first kappa shape index (κ1) is 11.1. The molecule has 0 saturated heterocycles. The Morgan fingerprint density at radius 1 is 1.43 bits per heavy atom. The predicted octanol–water partition coefficient (Wildman–Crippen LogP) is 3.28. The summed E-state index contributed by atoms with van der Waals surface area (Å²) in [5.41, 5.74) is 0. The summed E-state index contributed by atoms with van der Waals surface area (Å²) in [5, 5.41) is 1.07. The Labute approximate surface area is 91.5 Å².